The first-order chi connectivity index (χ1) is 8.51. The fourth-order valence-electron chi connectivity index (χ4n) is 1.38. The number of rotatable bonds is 9. The van der Waals surface area contributed by atoms with Crippen molar-refractivity contribution < 1.29 is 24.2 Å². The monoisotopic (exact) mass is 259 g/mol. The Hall–Kier alpha value is -1.59. The lowest BCUT2D eigenvalue weighted by molar-refractivity contribution is -0.145. The van der Waals surface area contributed by atoms with Gasteiger partial charge in [-0.25, -0.2) is 4.79 Å². The van der Waals surface area contributed by atoms with Crippen molar-refractivity contribution in [3.8, 4) is 0 Å². The van der Waals surface area contributed by atoms with Gasteiger partial charge in [-0.3, -0.25) is 9.59 Å². The molecule has 104 valence electrons. The molecule has 6 nitrogen and oxygen atoms in total. The van der Waals surface area contributed by atoms with Crippen LogP contribution in [-0.2, 0) is 19.1 Å². The lowest BCUT2D eigenvalue weighted by Gasteiger charge is -2.13. The zero-order valence-electron chi connectivity index (χ0n) is 10.9. The molecule has 0 saturated heterocycles. The van der Waals surface area contributed by atoms with Crippen molar-refractivity contribution in [2.45, 2.75) is 52.0 Å². The van der Waals surface area contributed by atoms with Crippen LogP contribution in [0.25, 0.3) is 0 Å². The van der Waals surface area contributed by atoms with Crippen LogP contribution in [0.4, 0.5) is 0 Å². The van der Waals surface area contributed by atoms with Gasteiger partial charge in [-0.05, 0) is 13.3 Å². The molecule has 1 amide bonds. The Labute approximate surface area is 107 Å². The van der Waals surface area contributed by atoms with Crippen LogP contribution >= 0.6 is 0 Å². The molecule has 1 atom stereocenters. The highest BCUT2D eigenvalue weighted by atomic mass is 16.5. The molecule has 2 N–H and O–H groups in total. The zero-order valence-corrected chi connectivity index (χ0v) is 10.9. The third-order valence-electron chi connectivity index (χ3n) is 2.34. The average Bonchev–Trinajstić information content (AvgIpc) is 2.32. The van der Waals surface area contributed by atoms with Crippen LogP contribution in [0.2, 0.25) is 0 Å². The summed E-state index contributed by atoms with van der Waals surface area (Å²) < 4.78 is 4.67. The first-order valence-electron chi connectivity index (χ1n) is 6.19. The molecule has 0 fully saturated rings. The Morgan fingerprint density at radius 3 is 2.39 bits per heavy atom. The fourth-order valence-corrected chi connectivity index (χ4v) is 1.38. The van der Waals surface area contributed by atoms with Crippen LogP contribution in [0.1, 0.15) is 46.0 Å². The SMILES string of the molecule is CCCC[C@@H](NC(=O)CCC(=O)OCC)C(=O)O. The predicted octanol–water partition coefficient (Wildman–Crippen LogP) is 1.09. The third kappa shape index (κ3) is 7.65. The van der Waals surface area contributed by atoms with Gasteiger partial charge in [0.05, 0.1) is 13.0 Å². The number of amides is 1. The van der Waals surface area contributed by atoms with E-state index in [1.165, 1.54) is 0 Å². The zero-order chi connectivity index (χ0) is 14.0. The molecule has 0 heterocycles. The molecule has 0 radical (unpaired) electrons. The largest absolute Gasteiger partial charge is 0.480 e. The van der Waals surface area contributed by atoms with Gasteiger partial charge < -0.3 is 15.2 Å². The Bertz CT molecular complexity index is 290. The summed E-state index contributed by atoms with van der Waals surface area (Å²) in [5.41, 5.74) is 0. The number of hydrogen-bond acceptors (Lipinski definition) is 4. The van der Waals surface area contributed by atoms with Gasteiger partial charge in [0, 0.05) is 6.42 Å². The van der Waals surface area contributed by atoms with Crippen molar-refractivity contribution in [2.24, 2.45) is 0 Å². The summed E-state index contributed by atoms with van der Waals surface area (Å²) in [4.78, 5) is 33.3. The molecular weight excluding hydrogens is 238 g/mol. The first-order valence-corrected chi connectivity index (χ1v) is 6.19. The van der Waals surface area contributed by atoms with Crippen molar-refractivity contribution in [1.82, 2.24) is 5.32 Å². The lowest BCUT2D eigenvalue weighted by atomic mass is 10.1. The molecule has 18 heavy (non-hydrogen) atoms. The second-order valence-corrected chi connectivity index (χ2v) is 3.91. The maximum atomic E-state index is 11.4. The van der Waals surface area contributed by atoms with Gasteiger partial charge in [-0.15, -0.1) is 0 Å². The highest BCUT2D eigenvalue weighted by Crippen LogP contribution is 2.02. The summed E-state index contributed by atoms with van der Waals surface area (Å²) in [6.45, 7) is 3.90. The van der Waals surface area contributed by atoms with Crippen LogP contribution in [0, 0.1) is 0 Å². The smallest absolute Gasteiger partial charge is 0.326 e. The van der Waals surface area contributed by atoms with Gasteiger partial charge in [0.15, 0.2) is 0 Å². The molecule has 0 unspecified atom stereocenters. The van der Waals surface area contributed by atoms with Crippen molar-refractivity contribution in [2.75, 3.05) is 6.61 Å². The fraction of sp³-hybridized carbons (Fsp3) is 0.750. The molecule has 6 heteroatoms. The van der Waals surface area contributed by atoms with E-state index in [0.717, 1.165) is 12.8 Å². The van der Waals surface area contributed by atoms with E-state index in [9.17, 15) is 14.4 Å². The van der Waals surface area contributed by atoms with E-state index in [2.05, 4.69) is 10.1 Å². The van der Waals surface area contributed by atoms with E-state index in [1.54, 1.807) is 6.92 Å². The van der Waals surface area contributed by atoms with E-state index in [0.29, 0.717) is 6.42 Å². The van der Waals surface area contributed by atoms with Gasteiger partial charge in [-0.2, -0.15) is 0 Å². The van der Waals surface area contributed by atoms with Gasteiger partial charge in [0.2, 0.25) is 5.91 Å². The summed E-state index contributed by atoms with van der Waals surface area (Å²) in [5.74, 6) is -1.94. The van der Waals surface area contributed by atoms with Gasteiger partial charge >= 0.3 is 11.9 Å². The maximum absolute atomic E-state index is 11.4. The summed E-state index contributed by atoms with van der Waals surface area (Å²) in [7, 11) is 0. The number of unbranched alkanes of at least 4 members (excludes halogenated alkanes) is 1. The minimum Gasteiger partial charge on any atom is -0.480 e. The molecule has 0 aliphatic carbocycles. The number of carboxylic acids is 1. The quantitative estimate of drug-likeness (QED) is 0.605. The number of nitrogens with one attached hydrogen (secondary N) is 1. The Morgan fingerprint density at radius 1 is 1.22 bits per heavy atom. The van der Waals surface area contributed by atoms with E-state index in [-0.39, 0.29) is 19.4 Å². The highest BCUT2D eigenvalue weighted by molar-refractivity contribution is 5.85. The highest BCUT2D eigenvalue weighted by Gasteiger charge is 2.19. The Balaban J connectivity index is 4.02. The molecule has 0 aromatic rings. The van der Waals surface area contributed by atoms with Crippen LogP contribution in [0.15, 0.2) is 0 Å². The molecule has 0 aliphatic heterocycles. The van der Waals surface area contributed by atoms with Crippen molar-refractivity contribution in [3.63, 3.8) is 0 Å². The van der Waals surface area contributed by atoms with E-state index in [1.807, 2.05) is 6.92 Å². The van der Waals surface area contributed by atoms with Crippen LogP contribution in [0.5, 0.6) is 0 Å². The number of carbonyl (C=O) groups is 3. The first kappa shape index (κ1) is 16.4. The molecule has 0 aromatic heterocycles. The third-order valence-corrected chi connectivity index (χ3v) is 2.34. The standard InChI is InChI=1S/C12H21NO5/c1-3-5-6-9(12(16)17)13-10(14)7-8-11(15)18-4-2/h9H,3-8H2,1-2H3,(H,13,14)(H,16,17)/t9-/m1/s1. The predicted molar refractivity (Wildman–Crippen MR) is 65.0 cm³/mol. The van der Waals surface area contributed by atoms with Crippen molar-refractivity contribution in [1.29, 1.82) is 0 Å². The summed E-state index contributed by atoms with van der Waals surface area (Å²) >= 11 is 0. The van der Waals surface area contributed by atoms with Crippen molar-refractivity contribution in [3.05, 3.63) is 0 Å². The molecule has 0 saturated carbocycles. The number of esters is 1. The molecule has 0 spiro atoms. The normalized spacial score (nSPS) is 11.7. The average molecular weight is 259 g/mol. The number of aliphatic carboxylic acids is 1. The van der Waals surface area contributed by atoms with E-state index in [4.69, 9.17) is 5.11 Å². The minimum atomic E-state index is -1.05. The number of ether oxygens (including phenoxy) is 1. The summed E-state index contributed by atoms with van der Waals surface area (Å²) in [5, 5.41) is 11.3. The Morgan fingerprint density at radius 2 is 1.89 bits per heavy atom. The number of carboxylic acid groups (broad SMARTS) is 1. The number of hydrogen-bond donors (Lipinski definition) is 2. The Kier molecular flexibility index (Phi) is 8.61. The van der Waals surface area contributed by atoms with Crippen molar-refractivity contribution >= 4 is 17.8 Å². The number of carbonyl (C=O) groups excluding carboxylic acids is 2. The van der Waals surface area contributed by atoms with Crippen LogP contribution < -0.4 is 5.32 Å². The van der Waals surface area contributed by atoms with Crippen LogP contribution in [0.3, 0.4) is 0 Å². The molecule has 0 aliphatic rings. The topological polar surface area (TPSA) is 92.7 Å². The van der Waals surface area contributed by atoms with Crippen LogP contribution in [-0.4, -0.2) is 35.6 Å². The second-order valence-electron chi connectivity index (χ2n) is 3.91. The van der Waals surface area contributed by atoms with E-state index < -0.39 is 23.9 Å². The minimum absolute atomic E-state index is 0.0280. The van der Waals surface area contributed by atoms with Gasteiger partial charge in [0.1, 0.15) is 6.04 Å². The lowest BCUT2D eigenvalue weighted by Crippen LogP contribution is -2.40. The second kappa shape index (κ2) is 9.44. The van der Waals surface area contributed by atoms with Gasteiger partial charge in [-0.1, -0.05) is 19.8 Å². The molecular formula is C12H21NO5. The van der Waals surface area contributed by atoms with Gasteiger partial charge in [0.25, 0.3) is 0 Å². The maximum Gasteiger partial charge on any atom is 0.326 e. The molecule has 0 bridgehead atoms. The molecule has 0 aromatic carbocycles. The van der Waals surface area contributed by atoms with E-state index >= 15 is 0 Å². The molecule has 0 rings (SSSR count). The summed E-state index contributed by atoms with van der Waals surface area (Å²) in [6, 6.07) is -0.875. The summed E-state index contributed by atoms with van der Waals surface area (Å²) in [6.07, 6.45) is 1.92.